The van der Waals surface area contributed by atoms with Gasteiger partial charge in [0.25, 0.3) is 17.5 Å². The summed E-state index contributed by atoms with van der Waals surface area (Å²) in [6, 6.07) is 17.3. The maximum atomic E-state index is 13.2. The standard InChI is InChI=1S/C23H14FN3O5S/c24-15-3-5-16(6-4-15)26-22(29)20(21(28)25-23(26)33)13-14-1-9-18(10-2-14)32-19-11-7-17(8-12-19)27(30)31/h1-13H,(H,25,28,33)/b20-13-. The monoisotopic (exact) mass is 463 g/mol. The Morgan fingerprint density at radius 2 is 1.52 bits per heavy atom. The van der Waals surface area contributed by atoms with Gasteiger partial charge in [-0.3, -0.25) is 29.9 Å². The van der Waals surface area contributed by atoms with Crippen LogP contribution in [-0.4, -0.2) is 21.9 Å². The van der Waals surface area contributed by atoms with Crippen molar-refractivity contribution in [3.05, 3.63) is 99.9 Å². The van der Waals surface area contributed by atoms with E-state index in [0.29, 0.717) is 22.7 Å². The molecule has 0 atom stereocenters. The minimum atomic E-state index is -0.644. The summed E-state index contributed by atoms with van der Waals surface area (Å²) in [5.74, 6) is -0.877. The third-order valence-corrected chi connectivity index (χ3v) is 4.95. The molecule has 4 rings (SSSR count). The van der Waals surface area contributed by atoms with Crippen molar-refractivity contribution in [1.82, 2.24) is 5.32 Å². The summed E-state index contributed by atoms with van der Waals surface area (Å²) >= 11 is 5.11. The van der Waals surface area contributed by atoms with E-state index in [9.17, 15) is 24.1 Å². The van der Waals surface area contributed by atoms with E-state index in [4.69, 9.17) is 17.0 Å². The van der Waals surface area contributed by atoms with E-state index >= 15 is 0 Å². The number of non-ortho nitro benzene ring substituents is 1. The number of hydrogen-bond donors (Lipinski definition) is 1. The number of anilines is 1. The molecule has 3 aromatic rings. The number of nitro groups is 1. The van der Waals surface area contributed by atoms with Crippen molar-refractivity contribution in [3.8, 4) is 11.5 Å². The summed E-state index contributed by atoms with van der Waals surface area (Å²) in [4.78, 5) is 36.7. The summed E-state index contributed by atoms with van der Waals surface area (Å²) in [5.41, 5.74) is 0.687. The molecular formula is C23H14FN3O5S. The largest absolute Gasteiger partial charge is 0.457 e. The van der Waals surface area contributed by atoms with Crippen molar-refractivity contribution in [1.29, 1.82) is 0 Å². The summed E-state index contributed by atoms with van der Waals surface area (Å²) in [7, 11) is 0. The van der Waals surface area contributed by atoms with Crippen LogP contribution in [0.5, 0.6) is 11.5 Å². The van der Waals surface area contributed by atoms with E-state index in [1.54, 1.807) is 24.3 Å². The van der Waals surface area contributed by atoms with Crippen molar-refractivity contribution in [2.75, 3.05) is 4.90 Å². The van der Waals surface area contributed by atoms with Crippen LogP contribution in [0.2, 0.25) is 0 Å². The highest BCUT2D eigenvalue weighted by Gasteiger charge is 2.34. The maximum absolute atomic E-state index is 13.2. The Labute approximate surface area is 192 Å². The second-order valence-electron chi connectivity index (χ2n) is 6.86. The average Bonchev–Trinajstić information content (AvgIpc) is 2.79. The highest BCUT2D eigenvalue weighted by Crippen LogP contribution is 2.26. The Morgan fingerprint density at radius 3 is 2.09 bits per heavy atom. The molecule has 1 saturated heterocycles. The van der Waals surface area contributed by atoms with Crippen molar-refractivity contribution >= 4 is 46.6 Å². The minimum Gasteiger partial charge on any atom is -0.457 e. The molecule has 10 heteroatoms. The fourth-order valence-electron chi connectivity index (χ4n) is 3.05. The molecule has 0 unspecified atom stereocenters. The zero-order chi connectivity index (χ0) is 23.5. The molecule has 2 amide bonds. The van der Waals surface area contributed by atoms with E-state index in [2.05, 4.69) is 5.32 Å². The van der Waals surface area contributed by atoms with Crippen LogP contribution >= 0.6 is 12.2 Å². The van der Waals surface area contributed by atoms with Gasteiger partial charge in [0, 0.05) is 12.1 Å². The molecule has 8 nitrogen and oxygen atoms in total. The smallest absolute Gasteiger partial charge is 0.270 e. The number of benzene rings is 3. The SMILES string of the molecule is O=C1NC(=S)N(c2ccc(F)cc2)C(=O)/C1=C\c1ccc(Oc2ccc([N+](=O)[O-])cc2)cc1. The van der Waals surface area contributed by atoms with Gasteiger partial charge in [-0.15, -0.1) is 0 Å². The predicted octanol–water partition coefficient (Wildman–Crippen LogP) is 4.36. The normalized spacial score (nSPS) is 14.9. The Morgan fingerprint density at radius 1 is 0.939 bits per heavy atom. The van der Waals surface area contributed by atoms with Gasteiger partial charge in [-0.2, -0.15) is 0 Å². The minimum absolute atomic E-state index is 0.0473. The number of halogens is 1. The number of nitrogens with one attached hydrogen (secondary N) is 1. The van der Waals surface area contributed by atoms with Gasteiger partial charge in [0.2, 0.25) is 0 Å². The molecule has 1 aliphatic rings. The zero-order valence-corrected chi connectivity index (χ0v) is 17.5. The van der Waals surface area contributed by atoms with E-state index in [1.807, 2.05) is 0 Å². The topological polar surface area (TPSA) is 102 Å². The number of rotatable bonds is 5. The number of ether oxygens (including phenoxy) is 1. The van der Waals surface area contributed by atoms with Gasteiger partial charge in [0.05, 0.1) is 10.6 Å². The molecule has 33 heavy (non-hydrogen) atoms. The van der Waals surface area contributed by atoms with Crippen LogP contribution in [0.15, 0.2) is 78.4 Å². The molecule has 0 aromatic heterocycles. The molecule has 1 fully saturated rings. The highest BCUT2D eigenvalue weighted by atomic mass is 32.1. The highest BCUT2D eigenvalue weighted by molar-refractivity contribution is 7.80. The predicted molar refractivity (Wildman–Crippen MR) is 122 cm³/mol. The number of amides is 2. The lowest BCUT2D eigenvalue weighted by molar-refractivity contribution is -0.384. The third kappa shape index (κ3) is 4.75. The fourth-order valence-corrected chi connectivity index (χ4v) is 3.33. The molecular weight excluding hydrogens is 449 g/mol. The number of carbonyl (C=O) groups is 2. The molecule has 1 aliphatic heterocycles. The molecule has 0 spiro atoms. The van der Waals surface area contributed by atoms with Gasteiger partial charge >= 0.3 is 0 Å². The second kappa shape index (κ2) is 8.97. The van der Waals surface area contributed by atoms with Gasteiger partial charge in [-0.05, 0) is 72.4 Å². The molecule has 0 saturated carbocycles. The quantitative estimate of drug-likeness (QED) is 0.198. The molecule has 1 N–H and O–H groups in total. The first-order chi connectivity index (χ1) is 15.8. The first kappa shape index (κ1) is 21.8. The van der Waals surface area contributed by atoms with Gasteiger partial charge in [0.15, 0.2) is 5.11 Å². The van der Waals surface area contributed by atoms with E-state index in [1.165, 1.54) is 54.6 Å². The van der Waals surface area contributed by atoms with Crippen molar-refractivity contribution in [2.45, 2.75) is 0 Å². The summed E-state index contributed by atoms with van der Waals surface area (Å²) in [6.45, 7) is 0. The van der Waals surface area contributed by atoms with Crippen LogP contribution in [0.1, 0.15) is 5.56 Å². The zero-order valence-electron chi connectivity index (χ0n) is 16.7. The lowest BCUT2D eigenvalue weighted by atomic mass is 10.1. The molecule has 0 aliphatic carbocycles. The second-order valence-corrected chi connectivity index (χ2v) is 7.24. The van der Waals surface area contributed by atoms with Gasteiger partial charge < -0.3 is 4.74 Å². The van der Waals surface area contributed by atoms with E-state index in [0.717, 1.165) is 4.90 Å². The van der Waals surface area contributed by atoms with Crippen molar-refractivity contribution < 1.29 is 23.6 Å². The van der Waals surface area contributed by atoms with Crippen LogP contribution in [0, 0.1) is 15.9 Å². The Hall–Kier alpha value is -4.44. The van der Waals surface area contributed by atoms with E-state index in [-0.39, 0.29) is 16.4 Å². The molecule has 3 aromatic carbocycles. The van der Waals surface area contributed by atoms with Crippen molar-refractivity contribution in [2.24, 2.45) is 0 Å². The first-order valence-electron chi connectivity index (χ1n) is 9.51. The summed E-state index contributed by atoms with van der Waals surface area (Å²) in [5, 5.41) is 13.1. The molecule has 0 radical (unpaired) electrons. The maximum Gasteiger partial charge on any atom is 0.270 e. The Balaban J connectivity index is 1.54. The van der Waals surface area contributed by atoms with Gasteiger partial charge in [-0.1, -0.05) is 12.1 Å². The van der Waals surface area contributed by atoms with Crippen LogP contribution in [0.25, 0.3) is 6.08 Å². The third-order valence-electron chi connectivity index (χ3n) is 4.66. The molecule has 1 heterocycles. The van der Waals surface area contributed by atoms with Gasteiger partial charge in [-0.25, -0.2) is 4.39 Å². The number of nitrogens with zero attached hydrogens (tertiary/aromatic N) is 2. The van der Waals surface area contributed by atoms with Crippen LogP contribution in [0.3, 0.4) is 0 Å². The first-order valence-corrected chi connectivity index (χ1v) is 9.92. The summed E-state index contributed by atoms with van der Waals surface area (Å²) < 4.78 is 18.9. The van der Waals surface area contributed by atoms with Crippen LogP contribution in [-0.2, 0) is 9.59 Å². The summed E-state index contributed by atoms with van der Waals surface area (Å²) in [6.07, 6.45) is 1.41. The van der Waals surface area contributed by atoms with Crippen LogP contribution < -0.4 is 15.0 Å². The lowest BCUT2D eigenvalue weighted by Crippen LogP contribution is -2.54. The number of hydrogen-bond acceptors (Lipinski definition) is 6. The fraction of sp³-hybridized carbons (Fsp3) is 0. The number of carbonyl (C=O) groups excluding carboxylic acids is 2. The van der Waals surface area contributed by atoms with Crippen LogP contribution in [0.4, 0.5) is 15.8 Å². The average molecular weight is 463 g/mol. The van der Waals surface area contributed by atoms with Gasteiger partial charge in [0.1, 0.15) is 22.9 Å². The lowest BCUT2D eigenvalue weighted by Gasteiger charge is -2.28. The molecule has 164 valence electrons. The number of thiocarbonyl (C=S) groups is 1. The Kier molecular flexibility index (Phi) is 5.92. The van der Waals surface area contributed by atoms with Crippen molar-refractivity contribution in [3.63, 3.8) is 0 Å². The van der Waals surface area contributed by atoms with E-state index < -0.39 is 22.6 Å². The number of nitro benzene ring substituents is 1. The Bertz CT molecular complexity index is 1290. The molecule has 0 bridgehead atoms.